The summed E-state index contributed by atoms with van der Waals surface area (Å²) in [6.45, 7) is 4.60. The SMILES string of the molecule is Cc1ccccc1COc1ccc([C@@H]2CC(=O)Nc3c2c(C)nn3-c2nc3ccccc3s2)cc1. The second kappa shape index (κ2) is 8.67. The van der Waals surface area contributed by atoms with Gasteiger partial charge in [-0.1, -0.05) is 59.9 Å². The third-order valence-corrected chi connectivity index (χ3v) is 7.52. The van der Waals surface area contributed by atoms with Crippen LogP contribution in [0.2, 0.25) is 0 Å². The number of anilines is 1. The maximum atomic E-state index is 12.7. The Morgan fingerprint density at radius 3 is 2.60 bits per heavy atom. The number of fused-ring (bicyclic) bond motifs is 2. The van der Waals surface area contributed by atoms with Crippen molar-refractivity contribution in [1.29, 1.82) is 0 Å². The van der Waals surface area contributed by atoms with Gasteiger partial charge in [-0.15, -0.1) is 0 Å². The normalized spacial score (nSPS) is 15.1. The van der Waals surface area contributed by atoms with Gasteiger partial charge in [-0.3, -0.25) is 4.79 Å². The number of benzene rings is 3. The number of aromatic nitrogens is 3. The Bertz CT molecular complexity index is 1520. The van der Waals surface area contributed by atoms with Gasteiger partial charge in [-0.05, 0) is 54.8 Å². The van der Waals surface area contributed by atoms with Crippen LogP contribution in [0.4, 0.5) is 5.82 Å². The highest BCUT2D eigenvalue weighted by molar-refractivity contribution is 7.20. The summed E-state index contributed by atoms with van der Waals surface area (Å²) in [6.07, 6.45) is 0.378. The Kier molecular flexibility index (Phi) is 5.34. The largest absolute Gasteiger partial charge is 0.489 e. The minimum atomic E-state index is -0.0766. The van der Waals surface area contributed by atoms with Crippen LogP contribution in [0.1, 0.15) is 40.3 Å². The second-order valence-corrected chi connectivity index (χ2v) is 9.82. The third-order valence-electron chi connectivity index (χ3n) is 6.50. The quantitative estimate of drug-likeness (QED) is 0.327. The fourth-order valence-electron chi connectivity index (χ4n) is 4.65. The minimum absolute atomic E-state index is 0.0235. The Morgan fingerprint density at radius 1 is 1.03 bits per heavy atom. The predicted octanol–water partition coefficient (Wildman–Crippen LogP) is 6.15. The Balaban J connectivity index is 1.30. The summed E-state index contributed by atoms with van der Waals surface area (Å²) >= 11 is 1.56. The van der Waals surface area contributed by atoms with Crippen LogP contribution < -0.4 is 10.1 Å². The average molecular weight is 481 g/mol. The van der Waals surface area contributed by atoms with Gasteiger partial charge in [0.15, 0.2) is 0 Å². The van der Waals surface area contributed by atoms with E-state index in [-0.39, 0.29) is 11.8 Å². The lowest BCUT2D eigenvalue weighted by atomic mass is 9.86. The Morgan fingerprint density at radius 2 is 1.80 bits per heavy atom. The topological polar surface area (TPSA) is 69.0 Å². The molecule has 0 aliphatic carbocycles. The van der Waals surface area contributed by atoms with E-state index < -0.39 is 0 Å². The fraction of sp³-hybridized carbons (Fsp3) is 0.179. The molecule has 0 unspecified atom stereocenters. The molecule has 7 heteroatoms. The molecule has 0 saturated carbocycles. The number of nitrogens with one attached hydrogen (secondary N) is 1. The van der Waals surface area contributed by atoms with Crippen molar-refractivity contribution >= 4 is 33.3 Å². The molecular formula is C28H24N4O2S. The zero-order chi connectivity index (χ0) is 23.9. The summed E-state index contributed by atoms with van der Waals surface area (Å²) < 4.78 is 8.88. The van der Waals surface area contributed by atoms with Crippen LogP contribution in [-0.4, -0.2) is 20.7 Å². The van der Waals surface area contributed by atoms with E-state index in [1.165, 1.54) is 11.1 Å². The molecule has 1 aliphatic rings. The maximum absolute atomic E-state index is 12.7. The molecule has 0 saturated heterocycles. The number of thiazole rings is 1. The van der Waals surface area contributed by atoms with Crippen molar-refractivity contribution in [3.63, 3.8) is 0 Å². The lowest BCUT2D eigenvalue weighted by Crippen LogP contribution is -2.24. The van der Waals surface area contributed by atoms with Gasteiger partial charge in [-0.25, -0.2) is 4.98 Å². The van der Waals surface area contributed by atoms with Crippen LogP contribution in [0, 0.1) is 13.8 Å². The molecule has 0 radical (unpaired) electrons. The number of carbonyl (C=O) groups is 1. The zero-order valence-corrected chi connectivity index (χ0v) is 20.3. The van der Waals surface area contributed by atoms with E-state index >= 15 is 0 Å². The molecule has 0 spiro atoms. The van der Waals surface area contributed by atoms with E-state index in [0.29, 0.717) is 18.8 Å². The van der Waals surface area contributed by atoms with Gasteiger partial charge in [-0.2, -0.15) is 9.78 Å². The van der Waals surface area contributed by atoms with Gasteiger partial charge >= 0.3 is 0 Å². The third kappa shape index (κ3) is 3.98. The summed E-state index contributed by atoms with van der Waals surface area (Å²) in [5.41, 5.74) is 6.31. The van der Waals surface area contributed by atoms with Crippen LogP contribution in [0.5, 0.6) is 5.75 Å². The standard InChI is InChI=1S/C28H24N4O2S/c1-17-7-3-4-8-20(17)16-34-21-13-11-19(12-14-21)22-15-25(33)30-27-26(22)18(2)31-32(27)28-29-23-9-5-6-10-24(23)35-28/h3-14,22H,15-16H2,1-2H3,(H,30,33)/t22-/m0/s1. The number of hydrogen-bond acceptors (Lipinski definition) is 5. The van der Waals surface area contributed by atoms with Gasteiger partial charge in [0, 0.05) is 17.9 Å². The maximum Gasteiger partial charge on any atom is 0.226 e. The number of amides is 1. The molecule has 1 amide bonds. The lowest BCUT2D eigenvalue weighted by molar-refractivity contribution is -0.116. The average Bonchev–Trinajstić information content (AvgIpc) is 3.44. The first-order valence-electron chi connectivity index (χ1n) is 11.6. The molecule has 6 rings (SSSR count). The van der Waals surface area contributed by atoms with Crippen LogP contribution in [0.15, 0.2) is 72.8 Å². The van der Waals surface area contributed by atoms with Crippen molar-refractivity contribution in [3.8, 4) is 10.9 Å². The van der Waals surface area contributed by atoms with Crippen LogP contribution in [-0.2, 0) is 11.4 Å². The van der Waals surface area contributed by atoms with E-state index in [9.17, 15) is 4.79 Å². The molecule has 1 aliphatic heterocycles. The van der Waals surface area contributed by atoms with Gasteiger partial charge in [0.1, 0.15) is 18.2 Å². The molecule has 3 heterocycles. The molecule has 1 N–H and O–H groups in total. The van der Waals surface area contributed by atoms with E-state index in [1.54, 1.807) is 16.0 Å². The first-order valence-corrected chi connectivity index (χ1v) is 12.4. The monoisotopic (exact) mass is 480 g/mol. The molecule has 0 fully saturated rings. The highest BCUT2D eigenvalue weighted by Gasteiger charge is 2.33. The number of nitrogens with zero attached hydrogens (tertiary/aromatic N) is 3. The summed E-state index contributed by atoms with van der Waals surface area (Å²) in [5, 5.41) is 8.58. The number of para-hydroxylation sites is 1. The summed E-state index contributed by atoms with van der Waals surface area (Å²) in [6, 6.07) is 24.3. The highest BCUT2D eigenvalue weighted by atomic mass is 32.1. The van der Waals surface area contributed by atoms with Crippen molar-refractivity contribution in [2.45, 2.75) is 32.8 Å². The van der Waals surface area contributed by atoms with Gasteiger partial charge in [0.25, 0.3) is 0 Å². The number of rotatable bonds is 5. The van der Waals surface area contributed by atoms with Gasteiger partial charge in [0.2, 0.25) is 11.0 Å². The van der Waals surface area contributed by atoms with Crippen LogP contribution >= 0.6 is 11.3 Å². The van der Waals surface area contributed by atoms with E-state index in [1.807, 2.05) is 55.5 Å². The van der Waals surface area contributed by atoms with Gasteiger partial charge < -0.3 is 10.1 Å². The predicted molar refractivity (Wildman–Crippen MR) is 139 cm³/mol. The first-order chi connectivity index (χ1) is 17.1. The summed E-state index contributed by atoms with van der Waals surface area (Å²) in [4.78, 5) is 17.5. The van der Waals surface area contributed by atoms with E-state index in [2.05, 4.69) is 36.5 Å². The van der Waals surface area contributed by atoms with Crippen LogP contribution in [0.25, 0.3) is 15.3 Å². The second-order valence-electron chi connectivity index (χ2n) is 8.81. The molecule has 174 valence electrons. The Labute approximate surface area is 207 Å². The summed E-state index contributed by atoms with van der Waals surface area (Å²) in [7, 11) is 0. The minimum Gasteiger partial charge on any atom is -0.489 e. The zero-order valence-electron chi connectivity index (χ0n) is 19.5. The van der Waals surface area contributed by atoms with Crippen LogP contribution in [0.3, 0.4) is 0 Å². The van der Waals surface area contributed by atoms with E-state index in [0.717, 1.165) is 37.9 Å². The van der Waals surface area contributed by atoms with Crippen molar-refractivity contribution in [2.24, 2.45) is 0 Å². The Hall–Kier alpha value is -3.97. The van der Waals surface area contributed by atoms with Crippen molar-refractivity contribution in [3.05, 3.63) is 101 Å². The molecule has 3 aromatic carbocycles. The van der Waals surface area contributed by atoms with Crippen molar-refractivity contribution in [2.75, 3.05) is 5.32 Å². The highest BCUT2D eigenvalue weighted by Crippen LogP contribution is 2.41. The first kappa shape index (κ1) is 21.6. The lowest BCUT2D eigenvalue weighted by Gasteiger charge is -2.24. The van der Waals surface area contributed by atoms with Gasteiger partial charge in [0.05, 0.1) is 15.9 Å². The molecule has 5 aromatic rings. The fourth-order valence-corrected chi connectivity index (χ4v) is 5.57. The molecule has 2 aromatic heterocycles. The summed E-state index contributed by atoms with van der Waals surface area (Å²) in [5.74, 6) is 1.42. The number of hydrogen-bond donors (Lipinski definition) is 1. The van der Waals surface area contributed by atoms with Crippen molar-refractivity contribution in [1.82, 2.24) is 14.8 Å². The van der Waals surface area contributed by atoms with E-state index in [4.69, 9.17) is 14.8 Å². The molecule has 1 atom stereocenters. The molecule has 0 bridgehead atoms. The van der Waals surface area contributed by atoms with Crippen molar-refractivity contribution < 1.29 is 9.53 Å². The molecular weight excluding hydrogens is 456 g/mol. The smallest absolute Gasteiger partial charge is 0.226 e. The number of aryl methyl sites for hydroxylation is 2. The number of ether oxygens (including phenoxy) is 1. The number of carbonyl (C=O) groups excluding carboxylic acids is 1. The molecule has 35 heavy (non-hydrogen) atoms. The molecule has 6 nitrogen and oxygen atoms in total.